The summed E-state index contributed by atoms with van der Waals surface area (Å²) in [7, 11) is 0. The van der Waals surface area contributed by atoms with Crippen molar-refractivity contribution in [2.75, 3.05) is 6.54 Å². The van der Waals surface area contributed by atoms with Gasteiger partial charge in [-0.2, -0.15) is 5.10 Å². The van der Waals surface area contributed by atoms with Crippen molar-refractivity contribution in [1.82, 2.24) is 9.91 Å². The smallest absolute Gasteiger partial charge is 0.255 e. The number of likely N-dealkylation sites (tertiary alicyclic amines) is 1. The van der Waals surface area contributed by atoms with Crippen molar-refractivity contribution in [3.63, 3.8) is 0 Å². The normalized spacial score (nSPS) is 25.3. The SMILES string of the molecule is CCN1N=CC2C(=O)N(Cc3ccccc3)C(=O)C21. The Morgan fingerprint density at radius 3 is 2.58 bits per heavy atom. The van der Waals surface area contributed by atoms with Crippen LogP contribution in [0.15, 0.2) is 35.4 Å². The fourth-order valence-electron chi connectivity index (χ4n) is 2.62. The average molecular weight is 257 g/mol. The predicted molar refractivity (Wildman–Crippen MR) is 70.1 cm³/mol. The Hall–Kier alpha value is -2.17. The quantitative estimate of drug-likeness (QED) is 0.755. The molecule has 19 heavy (non-hydrogen) atoms. The number of benzene rings is 1. The van der Waals surface area contributed by atoms with Crippen LogP contribution in [0, 0.1) is 5.92 Å². The number of hydrazone groups is 1. The van der Waals surface area contributed by atoms with E-state index >= 15 is 0 Å². The molecule has 2 aliphatic heterocycles. The summed E-state index contributed by atoms with van der Waals surface area (Å²) in [5.41, 5.74) is 0.962. The third-order valence-electron chi connectivity index (χ3n) is 3.61. The van der Waals surface area contributed by atoms with E-state index in [0.717, 1.165) is 5.56 Å². The van der Waals surface area contributed by atoms with Gasteiger partial charge in [0, 0.05) is 12.8 Å². The molecule has 0 aliphatic carbocycles. The molecule has 2 amide bonds. The second-order valence-corrected chi connectivity index (χ2v) is 4.74. The van der Waals surface area contributed by atoms with Gasteiger partial charge in [-0.3, -0.25) is 19.5 Å². The van der Waals surface area contributed by atoms with Gasteiger partial charge in [-0.15, -0.1) is 0 Å². The highest BCUT2D eigenvalue weighted by atomic mass is 16.2. The van der Waals surface area contributed by atoms with Crippen LogP contribution in [0.4, 0.5) is 0 Å². The molecule has 2 heterocycles. The highest BCUT2D eigenvalue weighted by Gasteiger charge is 2.51. The Morgan fingerprint density at radius 1 is 1.16 bits per heavy atom. The van der Waals surface area contributed by atoms with Crippen LogP contribution >= 0.6 is 0 Å². The number of hydrogen-bond acceptors (Lipinski definition) is 4. The average Bonchev–Trinajstić information content (AvgIpc) is 2.96. The summed E-state index contributed by atoms with van der Waals surface area (Å²) in [6.07, 6.45) is 1.60. The first-order chi connectivity index (χ1) is 9.22. The van der Waals surface area contributed by atoms with Gasteiger partial charge in [0.25, 0.3) is 5.91 Å². The number of fused-ring (bicyclic) bond motifs is 1. The Labute approximate surface area is 111 Å². The zero-order valence-corrected chi connectivity index (χ0v) is 10.7. The molecule has 0 spiro atoms. The minimum Gasteiger partial charge on any atom is -0.284 e. The molecule has 0 radical (unpaired) electrons. The van der Waals surface area contributed by atoms with Crippen molar-refractivity contribution < 1.29 is 9.59 Å². The lowest BCUT2D eigenvalue weighted by Gasteiger charge is -2.20. The molecular formula is C14H15N3O2. The van der Waals surface area contributed by atoms with Crippen molar-refractivity contribution in [3.8, 4) is 0 Å². The minimum absolute atomic E-state index is 0.140. The molecule has 5 nitrogen and oxygen atoms in total. The zero-order valence-electron chi connectivity index (χ0n) is 10.7. The van der Waals surface area contributed by atoms with E-state index < -0.39 is 12.0 Å². The Bertz CT molecular complexity index is 541. The van der Waals surface area contributed by atoms with Crippen molar-refractivity contribution in [2.24, 2.45) is 11.0 Å². The number of amides is 2. The third kappa shape index (κ3) is 1.82. The number of carbonyl (C=O) groups is 2. The molecule has 2 atom stereocenters. The summed E-state index contributed by atoms with van der Waals surface area (Å²) >= 11 is 0. The molecule has 0 bridgehead atoms. The highest BCUT2D eigenvalue weighted by Crippen LogP contribution is 2.29. The first kappa shape index (κ1) is 11.9. The van der Waals surface area contributed by atoms with Gasteiger partial charge in [0.1, 0.15) is 12.0 Å². The third-order valence-corrected chi connectivity index (χ3v) is 3.61. The lowest BCUT2D eigenvalue weighted by Crippen LogP contribution is -2.38. The van der Waals surface area contributed by atoms with E-state index in [1.54, 1.807) is 11.2 Å². The molecule has 1 fully saturated rings. The van der Waals surface area contributed by atoms with E-state index in [1.165, 1.54) is 4.90 Å². The fourth-order valence-corrected chi connectivity index (χ4v) is 2.62. The van der Waals surface area contributed by atoms with Crippen LogP contribution in [0.25, 0.3) is 0 Å². The molecule has 0 saturated carbocycles. The molecule has 2 aliphatic rings. The van der Waals surface area contributed by atoms with Gasteiger partial charge in [0.2, 0.25) is 5.91 Å². The van der Waals surface area contributed by atoms with E-state index in [1.807, 2.05) is 37.3 Å². The first-order valence-electron chi connectivity index (χ1n) is 6.42. The summed E-state index contributed by atoms with van der Waals surface area (Å²) in [5, 5.41) is 5.81. The molecule has 1 aromatic carbocycles. The largest absolute Gasteiger partial charge is 0.284 e. The standard InChI is InChI=1S/C14H15N3O2/c1-2-17-12-11(8-15-17)13(18)16(14(12)19)9-10-6-4-3-5-7-10/h3-8,11-12H,2,9H2,1H3. The molecule has 98 valence electrons. The number of imide groups is 1. The number of rotatable bonds is 3. The first-order valence-corrected chi connectivity index (χ1v) is 6.42. The van der Waals surface area contributed by atoms with E-state index in [4.69, 9.17) is 0 Å². The maximum absolute atomic E-state index is 12.4. The van der Waals surface area contributed by atoms with Gasteiger partial charge < -0.3 is 0 Å². The Kier molecular flexibility index (Phi) is 2.81. The molecule has 1 aromatic rings. The van der Waals surface area contributed by atoms with Gasteiger partial charge >= 0.3 is 0 Å². The number of likely N-dealkylation sites (N-methyl/N-ethyl adjacent to an activating group) is 1. The minimum atomic E-state index is -0.429. The monoisotopic (exact) mass is 257 g/mol. The van der Waals surface area contributed by atoms with Crippen LogP contribution in [0.1, 0.15) is 12.5 Å². The van der Waals surface area contributed by atoms with E-state index in [0.29, 0.717) is 13.1 Å². The van der Waals surface area contributed by atoms with Crippen LogP contribution in [0.5, 0.6) is 0 Å². The van der Waals surface area contributed by atoms with Gasteiger partial charge in [0.05, 0.1) is 6.54 Å². The summed E-state index contributed by atoms with van der Waals surface area (Å²) in [5.74, 6) is -0.687. The zero-order chi connectivity index (χ0) is 13.4. The van der Waals surface area contributed by atoms with Crippen molar-refractivity contribution >= 4 is 18.0 Å². The van der Waals surface area contributed by atoms with E-state index in [-0.39, 0.29) is 11.8 Å². The highest BCUT2D eigenvalue weighted by molar-refractivity contribution is 6.14. The molecule has 0 aromatic heterocycles. The molecule has 2 unspecified atom stereocenters. The van der Waals surface area contributed by atoms with Gasteiger partial charge in [0.15, 0.2) is 0 Å². The lowest BCUT2D eigenvalue weighted by molar-refractivity contribution is -0.140. The molecule has 5 heteroatoms. The summed E-state index contributed by atoms with van der Waals surface area (Å²) in [4.78, 5) is 26.0. The van der Waals surface area contributed by atoms with Gasteiger partial charge in [-0.1, -0.05) is 30.3 Å². The maximum Gasteiger partial charge on any atom is 0.255 e. The summed E-state index contributed by atoms with van der Waals surface area (Å²) in [6, 6.07) is 9.13. The second-order valence-electron chi connectivity index (χ2n) is 4.74. The lowest BCUT2D eigenvalue weighted by atomic mass is 10.1. The second kappa shape index (κ2) is 4.50. The van der Waals surface area contributed by atoms with Crippen molar-refractivity contribution in [3.05, 3.63) is 35.9 Å². The Morgan fingerprint density at radius 2 is 1.89 bits per heavy atom. The van der Waals surface area contributed by atoms with Gasteiger partial charge in [-0.25, -0.2) is 0 Å². The van der Waals surface area contributed by atoms with Crippen LogP contribution < -0.4 is 0 Å². The molecule has 0 N–H and O–H groups in total. The number of hydrogen-bond donors (Lipinski definition) is 0. The summed E-state index contributed by atoms with van der Waals surface area (Å²) in [6.45, 7) is 2.91. The van der Waals surface area contributed by atoms with Gasteiger partial charge in [-0.05, 0) is 12.5 Å². The Balaban J connectivity index is 1.83. The van der Waals surface area contributed by atoms with Crippen LogP contribution in [-0.2, 0) is 16.1 Å². The van der Waals surface area contributed by atoms with Crippen LogP contribution in [0.2, 0.25) is 0 Å². The van der Waals surface area contributed by atoms with Crippen LogP contribution in [0.3, 0.4) is 0 Å². The van der Waals surface area contributed by atoms with Crippen LogP contribution in [-0.4, -0.2) is 40.5 Å². The number of carbonyl (C=O) groups excluding carboxylic acids is 2. The fraction of sp³-hybridized carbons (Fsp3) is 0.357. The van der Waals surface area contributed by atoms with Crippen molar-refractivity contribution in [1.29, 1.82) is 0 Å². The van der Waals surface area contributed by atoms with Crippen molar-refractivity contribution in [2.45, 2.75) is 19.5 Å². The topological polar surface area (TPSA) is 53.0 Å². The molecule has 3 rings (SSSR count). The summed E-state index contributed by atoms with van der Waals surface area (Å²) < 4.78 is 0. The number of nitrogens with zero attached hydrogens (tertiary/aromatic N) is 3. The predicted octanol–water partition coefficient (Wildman–Crippen LogP) is 0.862. The molecular weight excluding hydrogens is 242 g/mol. The van der Waals surface area contributed by atoms with E-state index in [2.05, 4.69) is 5.10 Å². The molecule has 1 saturated heterocycles. The van der Waals surface area contributed by atoms with E-state index in [9.17, 15) is 9.59 Å². The maximum atomic E-state index is 12.4.